The van der Waals surface area contributed by atoms with Crippen molar-refractivity contribution in [3.63, 3.8) is 0 Å². The van der Waals surface area contributed by atoms with Gasteiger partial charge in [-0.25, -0.2) is 9.97 Å². The third-order valence-corrected chi connectivity index (χ3v) is 5.86. The van der Waals surface area contributed by atoms with Gasteiger partial charge in [0, 0.05) is 66.1 Å². The molecule has 2 aromatic heterocycles. The molecule has 0 amide bonds. The van der Waals surface area contributed by atoms with Gasteiger partial charge in [-0.1, -0.05) is 0 Å². The zero-order valence-electron chi connectivity index (χ0n) is 18.9. The summed E-state index contributed by atoms with van der Waals surface area (Å²) >= 11 is 0. The first kappa shape index (κ1) is 20.4. The maximum absolute atomic E-state index is 9.55. The number of nitriles is 1. The SMILES string of the molecule is Cn1cc2cc(-c3ncc4cc(N5CC[C@@H](NC(C)(C)C)C5)ccc4n3)cc(C#N)c2n1. The number of hydrogen-bond donors (Lipinski definition) is 1. The molecule has 1 saturated heterocycles. The first-order valence-electron chi connectivity index (χ1n) is 11.0. The fourth-order valence-corrected chi connectivity index (χ4v) is 4.55. The van der Waals surface area contributed by atoms with Crippen molar-refractivity contribution in [1.29, 1.82) is 5.26 Å². The molecular formula is C25H27N7. The number of aromatic nitrogens is 4. The van der Waals surface area contributed by atoms with Gasteiger partial charge in [-0.15, -0.1) is 0 Å². The minimum atomic E-state index is 0.124. The van der Waals surface area contributed by atoms with E-state index in [1.54, 1.807) is 4.68 Å². The molecule has 1 atom stereocenters. The normalized spacial score (nSPS) is 16.7. The lowest BCUT2D eigenvalue weighted by Gasteiger charge is -2.26. The fourth-order valence-electron chi connectivity index (χ4n) is 4.55. The molecule has 0 saturated carbocycles. The third-order valence-electron chi connectivity index (χ3n) is 5.86. The number of rotatable bonds is 3. The lowest BCUT2D eigenvalue weighted by atomic mass is 10.1. The summed E-state index contributed by atoms with van der Waals surface area (Å²) in [7, 11) is 1.85. The highest BCUT2D eigenvalue weighted by Crippen LogP contribution is 2.28. The molecule has 3 heterocycles. The Balaban J connectivity index is 1.44. The summed E-state index contributed by atoms with van der Waals surface area (Å²) < 4.78 is 1.72. The fraction of sp³-hybridized carbons (Fsp3) is 0.360. The molecule has 162 valence electrons. The summed E-state index contributed by atoms with van der Waals surface area (Å²) in [6.45, 7) is 8.69. The van der Waals surface area contributed by atoms with Gasteiger partial charge in [0.15, 0.2) is 5.82 Å². The van der Waals surface area contributed by atoms with Crippen molar-refractivity contribution in [3.8, 4) is 17.5 Å². The maximum Gasteiger partial charge on any atom is 0.159 e. The van der Waals surface area contributed by atoms with Gasteiger partial charge in [0.05, 0.1) is 11.1 Å². The van der Waals surface area contributed by atoms with Crippen molar-refractivity contribution in [3.05, 3.63) is 48.3 Å². The molecule has 0 radical (unpaired) electrons. The van der Waals surface area contributed by atoms with Gasteiger partial charge in [-0.3, -0.25) is 4.68 Å². The summed E-state index contributed by atoms with van der Waals surface area (Å²) in [6.07, 6.45) is 4.93. The molecule has 1 fully saturated rings. The van der Waals surface area contributed by atoms with Crippen molar-refractivity contribution in [2.75, 3.05) is 18.0 Å². The second kappa shape index (κ2) is 7.57. The Kier molecular flexibility index (Phi) is 4.83. The van der Waals surface area contributed by atoms with Crippen LogP contribution >= 0.6 is 0 Å². The molecule has 4 aromatic rings. The third kappa shape index (κ3) is 3.90. The monoisotopic (exact) mass is 425 g/mol. The maximum atomic E-state index is 9.55. The van der Waals surface area contributed by atoms with Crippen LogP contribution in [0.3, 0.4) is 0 Å². The van der Waals surface area contributed by atoms with Gasteiger partial charge < -0.3 is 10.2 Å². The quantitative estimate of drug-likeness (QED) is 0.534. The molecular weight excluding hydrogens is 398 g/mol. The van der Waals surface area contributed by atoms with Crippen LogP contribution in [0.25, 0.3) is 33.2 Å². The van der Waals surface area contributed by atoms with Gasteiger partial charge in [0.2, 0.25) is 0 Å². The van der Waals surface area contributed by atoms with Crippen molar-refractivity contribution in [1.82, 2.24) is 25.1 Å². The Labute approximate surface area is 187 Å². The number of aryl methyl sites for hydroxylation is 1. The van der Waals surface area contributed by atoms with E-state index >= 15 is 0 Å². The van der Waals surface area contributed by atoms with Crippen LogP contribution in [0, 0.1) is 11.3 Å². The van der Waals surface area contributed by atoms with Crippen LogP contribution in [0.5, 0.6) is 0 Å². The van der Waals surface area contributed by atoms with Crippen molar-refractivity contribution in [2.24, 2.45) is 7.05 Å². The molecule has 0 unspecified atom stereocenters. The molecule has 7 nitrogen and oxygen atoms in total. The lowest BCUT2D eigenvalue weighted by molar-refractivity contribution is 0.373. The Bertz CT molecular complexity index is 1360. The molecule has 7 heteroatoms. The van der Waals surface area contributed by atoms with Crippen LogP contribution < -0.4 is 10.2 Å². The van der Waals surface area contributed by atoms with E-state index in [1.807, 2.05) is 31.6 Å². The van der Waals surface area contributed by atoms with E-state index < -0.39 is 0 Å². The highest BCUT2D eigenvalue weighted by molar-refractivity contribution is 5.89. The van der Waals surface area contributed by atoms with Crippen LogP contribution in [-0.4, -0.2) is 44.4 Å². The van der Waals surface area contributed by atoms with Crippen LogP contribution in [0.15, 0.2) is 42.7 Å². The minimum Gasteiger partial charge on any atom is -0.370 e. The zero-order chi connectivity index (χ0) is 22.5. The van der Waals surface area contributed by atoms with Gasteiger partial charge >= 0.3 is 0 Å². The summed E-state index contributed by atoms with van der Waals surface area (Å²) in [6, 6.07) is 12.9. The van der Waals surface area contributed by atoms with Gasteiger partial charge in [0.25, 0.3) is 0 Å². The van der Waals surface area contributed by atoms with Crippen molar-refractivity contribution in [2.45, 2.75) is 38.8 Å². The number of benzene rings is 2. The molecule has 1 aliphatic rings. The predicted molar refractivity (Wildman–Crippen MR) is 127 cm³/mol. The Morgan fingerprint density at radius 1 is 1.16 bits per heavy atom. The average Bonchev–Trinajstić information content (AvgIpc) is 3.36. The molecule has 0 aliphatic carbocycles. The summed E-state index contributed by atoms with van der Waals surface area (Å²) in [4.78, 5) is 11.8. The van der Waals surface area contributed by atoms with E-state index in [2.05, 4.69) is 65.3 Å². The highest BCUT2D eigenvalue weighted by Gasteiger charge is 2.26. The van der Waals surface area contributed by atoms with Gasteiger partial charge in [-0.2, -0.15) is 10.4 Å². The first-order chi connectivity index (χ1) is 15.3. The van der Waals surface area contributed by atoms with E-state index in [0.717, 1.165) is 41.4 Å². The van der Waals surface area contributed by atoms with E-state index in [0.29, 0.717) is 22.9 Å². The van der Waals surface area contributed by atoms with Crippen LogP contribution in [0.4, 0.5) is 5.69 Å². The predicted octanol–water partition coefficient (Wildman–Crippen LogP) is 4.02. The first-order valence-corrected chi connectivity index (χ1v) is 11.0. The molecule has 2 aromatic carbocycles. The molecule has 1 N–H and O–H groups in total. The number of fused-ring (bicyclic) bond motifs is 2. The summed E-state index contributed by atoms with van der Waals surface area (Å²) in [5, 5.41) is 19.6. The number of anilines is 1. The molecule has 1 aliphatic heterocycles. The Morgan fingerprint density at radius 3 is 2.78 bits per heavy atom. The van der Waals surface area contributed by atoms with E-state index in [-0.39, 0.29) is 5.54 Å². The number of nitrogens with one attached hydrogen (secondary N) is 1. The van der Waals surface area contributed by atoms with Crippen molar-refractivity contribution >= 4 is 27.5 Å². The summed E-state index contributed by atoms with van der Waals surface area (Å²) in [5.41, 5.74) is 4.28. The minimum absolute atomic E-state index is 0.124. The summed E-state index contributed by atoms with van der Waals surface area (Å²) in [5.74, 6) is 0.614. The Hall–Kier alpha value is -3.50. The second-order valence-electron chi connectivity index (χ2n) is 9.64. The van der Waals surface area contributed by atoms with E-state index in [1.165, 1.54) is 5.69 Å². The largest absolute Gasteiger partial charge is 0.370 e. The molecule has 5 rings (SSSR count). The zero-order valence-corrected chi connectivity index (χ0v) is 18.9. The topological polar surface area (TPSA) is 82.7 Å². The van der Waals surface area contributed by atoms with Crippen LogP contribution in [0.1, 0.15) is 32.8 Å². The smallest absolute Gasteiger partial charge is 0.159 e. The lowest BCUT2D eigenvalue weighted by Crippen LogP contribution is -2.44. The van der Waals surface area contributed by atoms with Gasteiger partial charge in [0.1, 0.15) is 11.6 Å². The average molecular weight is 426 g/mol. The molecule has 32 heavy (non-hydrogen) atoms. The van der Waals surface area contributed by atoms with Crippen LogP contribution in [-0.2, 0) is 7.05 Å². The Morgan fingerprint density at radius 2 is 2.00 bits per heavy atom. The molecule has 0 bridgehead atoms. The van der Waals surface area contributed by atoms with E-state index in [4.69, 9.17) is 4.98 Å². The standard InChI is InChI=1S/C25H27N7/c1-25(2,3)29-20-7-8-32(15-20)21-5-6-22-18(11-21)13-27-24(28-22)16-9-17(12-26)23-19(10-16)14-31(4)30-23/h5-6,9-11,13-14,20,29H,7-8,15H2,1-4H3/t20-/m1/s1. The van der Waals surface area contributed by atoms with E-state index in [9.17, 15) is 5.26 Å². The van der Waals surface area contributed by atoms with Crippen LogP contribution in [0.2, 0.25) is 0 Å². The number of nitrogens with zero attached hydrogens (tertiary/aromatic N) is 6. The second-order valence-corrected chi connectivity index (χ2v) is 9.64. The van der Waals surface area contributed by atoms with Crippen molar-refractivity contribution < 1.29 is 0 Å². The van der Waals surface area contributed by atoms with Gasteiger partial charge in [-0.05, 0) is 57.5 Å². The highest BCUT2D eigenvalue weighted by atomic mass is 15.2. The number of hydrogen-bond acceptors (Lipinski definition) is 6. The molecule has 0 spiro atoms.